The molecule has 1 unspecified atom stereocenters. The normalized spacial score (nSPS) is 16.4. The maximum atomic E-state index is 13.8. The molecule has 6 rings (SSSR count). The van der Waals surface area contributed by atoms with E-state index in [0.717, 1.165) is 28.6 Å². The van der Waals surface area contributed by atoms with Crippen LogP contribution in [-0.2, 0) is 22.6 Å². The van der Waals surface area contributed by atoms with E-state index in [1.807, 2.05) is 84.9 Å². The zero-order valence-corrected chi connectivity index (χ0v) is 22.7. The Kier molecular flexibility index (Phi) is 6.97. The van der Waals surface area contributed by atoms with Gasteiger partial charge in [0.25, 0.3) is 5.91 Å². The number of carbonyl (C=O) groups excluding carboxylic acids is 1. The first kappa shape index (κ1) is 25.6. The van der Waals surface area contributed by atoms with Crippen molar-refractivity contribution >= 4 is 62.4 Å². The van der Waals surface area contributed by atoms with Crippen molar-refractivity contribution in [2.24, 2.45) is 4.99 Å². The number of hydrogen-bond donors (Lipinski definition) is 1. The van der Waals surface area contributed by atoms with Crippen LogP contribution in [0.4, 0.5) is 5.69 Å². The summed E-state index contributed by atoms with van der Waals surface area (Å²) in [7, 11) is 0. The minimum atomic E-state index is -1.03. The van der Waals surface area contributed by atoms with Crippen molar-refractivity contribution in [1.29, 1.82) is 0 Å². The Labute approximate surface area is 236 Å². The number of hydrogen-bond acceptors (Lipinski definition) is 4. The maximum absolute atomic E-state index is 13.8. The summed E-state index contributed by atoms with van der Waals surface area (Å²) >= 11 is 1.21. The zero-order valence-electron chi connectivity index (χ0n) is 21.9. The molecule has 1 aliphatic rings. The molecule has 0 bridgehead atoms. The fraction of sp³-hybridized carbons (Fsp3) is 0.121. The third kappa shape index (κ3) is 4.80. The topological polar surface area (TPSA) is 74.9 Å². The molecule has 1 amide bonds. The van der Waals surface area contributed by atoms with Gasteiger partial charge in [-0.25, -0.2) is 9.79 Å². The molecule has 2 heterocycles. The number of para-hydroxylation sites is 2. The number of amides is 1. The number of nitrogens with zero attached hydrogens (tertiary/aromatic N) is 3. The molecule has 40 heavy (non-hydrogen) atoms. The number of benzene rings is 4. The van der Waals surface area contributed by atoms with Crippen molar-refractivity contribution in [3.05, 3.63) is 119 Å². The average Bonchev–Trinajstić information content (AvgIpc) is 3.46. The van der Waals surface area contributed by atoms with Crippen LogP contribution in [0.5, 0.6) is 0 Å². The van der Waals surface area contributed by atoms with Gasteiger partial charge in [-0.2, -0.15) is 0 Å². The van der Waals surface area contributed by atoms with Gasteiger partial charge in [0.05, 0.1) is 10.6 Å². The van der Waals surface area contributed by atoms with Crippen molar-refractivity contribution in [1.82, 2.24) is 4.57 Å². The van der Waals surface area contributed by atoms with E-state index >= 15 is 0 Å². The third-order valence-corrected chi connectivity index (χ3v) is 8.04. The molecule has 1 atom stereocenters. The number of carboxylic acids is 1. The molecular formula is C33H27N3O3S. The number of amidine groups is 1. The Balaban J connectivity index is 1.41. The minimum absolute atomic E-state index is 0.227. The van der Waals surface area contributed by atoms with E-state index in [-0.39, 0.29) is 12.3 Å². The SMILES string of the molecule is CCn1c2ccccc2c2cc(/C=C3\SC(=NC(Cc4ccccc4)C(=O)O)N(c4ccccc4)C3=O)ccc21. The monoisotopic (exact) mass is 545 g/mol. The first-order valence-electron chi connectivity index (χ1n) is 13.2. The summed E-state index contributed by atoms with van der Waals surface area (Å²) in [6.07, 6.45) is 2.10. The van der Waals surface area contributed by atoms with Crippen molar-refractivity contribution in [2.45, 2.75) is 25.9 Å². The zero-order chi connectivity index (χ0) is 27.6. The number of thioether (sulfide) groups is 1. The van der Waals surface area contributed by atoms with E-state index in [2.05, 4.69) is 40.7 Å². The van der Waals surface area contributed by atoms with Gasteiger partial charge in [0.1, 0.15) is 0 Å². The summed E-state index contributed by atoms with van der Waals surface area (Å²) < 4.78 is 2.29. The fourth-order valence-electron chi connectivity index (χ4n) is 5.18. The van der Waals surface area contributed by atoms with Gasteiger partial charge in [-0.1, -0.05) is 72.8 Å². The van der Waals surface area contributed by atoms with Gasteiger partial charge in [-0.05, 0) is 66.2 Å². The quantitative estimate of drug-likeness (QED) is 0.224. The van der Waals surface area contributed by atoms with Gasteiger partial charge in [0, 0.05) is 34.8 Å². The maximum Gasteiger partial charge on any atom is 0.328 e. The van der Waals surface area contributed by atoms with Gasteiger partial charge in [0.15, 0.2) is 11.2 Å². The molecule has 7 heteroatoms. The van der Waals surface area contributed by atoms with Crippen LogP contribution in [0.3, 0.4) is 0 Å². The van der Waals surface area contributed by atoms with Crippen LogP contribution in [0.15, 0.2) is 113 Å². The van der Waals surface area contributed by atoms with E-state index in [1.165, 1.54) is 27.6 Å². The lowest BCUT2D eigenvalue weighted by Crippen LogP contribution is -2.31. The average molecular weight is 546 g/mol. The molecule has 0 radical (unpaired) electrons. The molecule has 0 aliphatic carbocycles. The number of anilines is 1. The van der Waals surface area contributed by atoms with Gasteiger partial charge >= 0.3 is 5.97 Å². The highest BCUT2D eigenvalue weighted by Gasteiger charge is 2.36. The molecule has 0 saturated carbocycles. The molecule has 1 saturated heterocycles. The number of aliphatic carboxylic acids is 1. The largest absolute Gasteiger partial charge is 0.480 e. The number of carbonyl (C=O) groups is 2. The fourth-order valence-corrected chi connectivity index (χ4v) is 6.21. The number of aliphatic imine (C=N–C) groups is 1. The second-order valence-corrected chi connectivity index (χ2v) is 10.6. The molecule has 6 nitrogen and oxygen atoms in total. The Morgan fingerprint density at radius 2 is 1.57 bits per heavy atom. The molecule has 1 N–H and O–H groups in total. The van der Waals surface area contributed by atoms with Gasteiger partial charge in [0.2, 0.25) is 0 Å². The molecule has 1 fully saturated rings. The summed E-state index contributed by atoms with van der Waals surface area (Å²) in [4.78, 5) is 32.6. The molecule has 1 aliphatic heterocycles. The Bertz CT molecular complexity index is 1790. The van der Waals surface area contributed by atoms with E-state index in [4.69, 9.17) is 0 Å². The summed E-state index contributed by atoms with van der Waals surface area (Å²) in [6, 6.07) is 32.2. The van der Waals surface area contributed by atoms with Crippen LogP contribution >= 0.6 is 11.8 Å². The lowest BCUT2D eigenvalue weighted by atomic mass is 10.1. The third-order valence-electron chi connectivity index (χ3n) is 7.05. The molecule has 1 aromatic heterocycles. The number of carboxylic acid groups (broad SMARTS) is 1. The van der Waals surface area contributed by atoms with Gasteiger partial charge in [-0.15, -0.1) is 0 Å². The highest BCUT2D eigenvalue weighted by Crippen LogP contribution is 2.37. The number of aryl methyl sites for hydroxylation is 1. The minimum Gasteiger partial charge on any atom is -0.480 e. The van der Waals surface area contributed by atoms with Crippen molar-refractivity contribution in [2.75, 3.05) is 4.90 Å². The number of fused-ring (bicyclic) bond motifs is 3. The van der Waals surface area contributed by atoms with Crippen LogP contribution in [0.25, 0.3) is 27.9 Å². The Hall–Kier alpha value is -4.62. The van der Waals surface area contributed by atoms with E-state index < -0.39 is 12.0 Å². The molecule has 198 valence electrons. The predicted octanol–water partition coefficient (Wildman–Crippen LogP) is 6.99. The first-order chi connectivity index (χ1) is 19.5. The van der Waals surface area contributed by atoms with Crippen LogP contribution in [0.2, 0.25) is 0 Å². The lowest BCUT2D eigenvalue weighted by Gasteiger charge is -2.17. The van der Waals surface area contributed by atoms with Crippen LogP contribution in [-0.4, -0.2) is 32.8 Å². The summed E-state index contributed by atoms with van der Waals surface area (Å²) in [5, 5.41) is 12.6. The summed E-state index contributed by atoms with van der Waals surface area (Å²) in [5.74, 6) is -1.26. The summed E-state index contributed by atoms with van der Waals surface area (Å²) in [6.45, 7) is 3.00. The molecule has 4 aromatic carbocycles. The van der Waals surface area contributed by atoms with Gasteiger partial charge < -0.3 is 9.67 Å². The van der Waals surface area contributed by atoms with E-state index in [1.54, 1.807) is 0 Å². The Morgan fingerprint density at radius 3 is 2.30 bits per heavy atom. The van der Waals surface area contributed by atoms with E-state index in [9.17, 15) is 14.7 Å². The molecule has 5 aromatic rings. The predicted molar refractivity (Wildman–Crippen MR) is 164 cm³/mol. The van der Waals surface area contributed by atoms with Crippen molar-refractivity contribution in [3.63, 3.8) is 0 Å². The first-order valence-corrected chi connectivity index (χ1v) is 14.0. The lowest BCUT2D eigenvalue weighted by molar-refractivity contribution is -0.138. The standard InChI is InChI=1S/C33H27N3O3S/c1-2-35-28-16-10-9-15-25(28)26-19-23(17-18-29(26)35)21-30-31(37)36(24-13-7-4-8-14-24)33(40-30)34-27(32(38)39)20-22-11-5-3-6-12-22/h3-19,21,27H,2,20H2,1H3,(H,38,39)/b30-21-,34-33?. The number of rotatable bonds is 7. The Morgan fingerprint density at radius 1 is 0.900 bits per heavy atom. The number of aromatic nitrogens is 1. The highest BCUT2D eigenvalue weighted by molar-refractivity contribution is 8.19. The second-order valence-electron chi connectivity index (χ2n) is 9.58. The van der Waals surface area contributed by atoms with Crippen molar-refractivity contribution in [3.8, 4) is 0 Å². The summed E-state index contributed by atoms with van der Waals surface area (Å²) in [5.41, 5.74) is 4.74. The van der Waals surface area contributed by atoms with Gasteiger partial charge in [-0.3, -0.25) is 9.69 Å². The highest BCUT2D eigenvalue weighted by atomic mass is 32.2. The second kappa shape index (κ2) is 10.9. The smallest absolute Gasteiger partial charge is 0.328 e. The molecule has 0 spiro atoms. The van der Waals surface area contributed by atoms with Crippen LogP contribution in [0.1, 0.15) is 18.1 Å². The van der Waals surface area contributed by atoms with Crippen LogP contribution in [0, 0.1) is 0 Å². The van der Waals surface area contributed by atoms with Crippen LogP contribution < -0.4 is 4.90 Å². The van der Waals surface area contributed by atoms with Crippen molar-refractivity contribution < 1.29 is 14.7 Å². The molecular weight excluding hydrogens is 518 g/mol. The van der Waals surface area contributed by atoms with E-state index in [0.29, 0.717) is 15.8 Å².